The summed E-state index contributed by atoms with van der Waals surface area (Å²) in [5.41, 5.74) is 4.99. The Balaban J connectivity index is 1.26. The fourth-order valence-electron chi connectivity index (χ4n) is 12.0. The highest BCUT2D eigenvalue weighted by molar-refractivity contribution is 6.03. The van der Waals surface area contributed by atoms with Crippen LogP contribution in [0.5, 0.6) is 17.2 Å². The summed E-state index contributed by atoms with van der Waals surface area (Å²) >= 11 is 0. The highest BCUT2D eigenvalue weighted by Gasteiger charge is 2.66. The summed E-state index contributed by atoms with van der Waals surface area (Å²) in [4.78, 5) is 35.5. The lowest BCUT2D eigenvalue weighted by atomic mass is 9.55. The zero-order valence-corrected chi connectivity index (χ0v) is 44.7. The van der Waals surface area contributed by atoms with Gasteiger partial charge in [-0.05, 0) is 102 Å². The number of carbonyl (C=O) groups excluding carboxylic acids is 2. The van der Waals surface area contributed by atoms with Gasteiger partial charge in [-0.3, -0.25) is 9.69 Å². The number of allylic oxidation sites excluding steroid dienone is 1. The van der Waals surface area contributed by atoms with Crippen molar-refractivity contribution in [1.29, 1.82) is 0 Å². The van der Waals surface area contributed by atoms with E-state index in [2.05, 4.69) is 49.9 Å². The zero-order valence-electron chi connectivity index (χ0n) is 44.7. The maximum absolute atomic E-state index is 15.4. The number of rotatable bonds is 31. The van der Waals surface area contributed by atoms with Gasteiger partial charge in [0.2, 0.25) is 5.79 Å². The van der Waals surface area contributed by atoms with Crippen molar-refractivity contribution in [2.45, 2.75) is 147 Å². The van der Waals surface area contributed by atoms with Crippen LogP contribution in [0.2, 0.25) is 0 Å². The lowest BCUT2D eigenvalue weighted by molar-refractivity contribution is -0.256. The van der Waals surface area contributed by atoms with Gasteiger partial charge in [0.25, 0.3) is 0 Å². The van der Waals surface area contributed by atoms with Crippen LogP contribution in [0, 0.1) is 17.8 Å². The molecule has 11 heteroatoms. The van der Waals surface area contributed by atoms with Crippen LogP contribution in [0.4, 0.5) is 4.79 Å². The monoisotopic (exact) mass is 1030 g/mol. The molecule has 404 valence electrons. The number of hydrogen-bond acceptors (Lipinski definition) is 10. The lowest BCUT2D eigenvalue weighted by Crippen LogP contribution is -2.70. The van der Waals surface area contributed by atoms with Crippen molar-refractivity contribution in [2.75, 3.05) is 26.4 Å². The maximum Gasteiger partial charge on any atom is 0.410 e. The highest BCUT2D eigenvalue weighted by Crippen LogP contribution is 2.62. The van der Waals surface area contributed by atoms with Gasteiger partial charge in [0.15, 0.2) is 0 Å². The number of nitrogens with zero attached hydrogens (tertiary/aromatic N) is 2. The first-order valence-corrected chi connectivity index (χ1v) is 28.3. The third kappa shape index (κ3) is 14.0. The predicted molar refractivity (Wildman–Crippen MR) is 301 cm³/mol. The van der Waals surface area contributed by atoms with Crippen LogP contribution >= 0.6 is 0 Å². The molecule has 2 N–H and O–H groups in total. The summed E-state index contributed by atoms with van der Waals surface area (Å²) in [7, 11) is 0. The maximum atomic E-state index is 15.4. The number of aldehydes is 1. The van der Waals surface area contributed by atoms with Gasteiger partial charge in [-0.25, -0.2) is 4.79 Å². The van der Waals surface area contributed by atoms with Crippen LogP contribution in [0.3, 0.4) is 0 Å². The number of benzene rings is 5. The van der Waals surface area contributed by atoms with Crippen LogP contribution in [0.1, 0.15) is 149 Å². The standard InChI is InChI=1S/C65H80N2O9/c1-3-5-6-7-8-9-10-11-12-22-40-72-64(71)67(45-52-31-24-30-50-28-16-17-33-55(50)52)61-44-59(66-74-47-48-25-14-13-15-26-48)57-42-51(29-18-20-37-68)56(34-19-21-38-69)62-58-43-54(75-53-32-23-27-49(41-53)46-70)35-36-60(58)76-65(61,63(57)62)73-39-4-2/h4,13-17,23-28,30-33,35-36,41-43,46,51,56,61-63,68-69H,2-3,5-12,18-22,29,34,37-40,44-45,47H2,1H3. The molecule has 0 aromatic heterocycles. The van der Waals surface area contributed by atoms with Crippen LogP contribution in [0.15, 0.2) is 145 Å². The largest absolute Gasteiger partial charge is 0.459 e. The van der Waals surface area contributed by atoms with Gasteiger partial charge in [0, 0.05) is 36.7 Å². The minimum absolute atomic E-state index is 0.00189. The van der Waals surface area contributed by atoms with Crippen molar-refractivity contribution in [2.24, 2.45) is 22.9 Å². The molecule has 5 aromatic rings. The van der Waals surface area contributed by atoms with Crippen molar-refractivity contribution in [3.8, 4) is 17.2 Å². The van der Waals surface area contributed by atoms with E-state index in [1.54, 1.807) is 24.3 Å². The summed E-state index contributed by atoms with van der Waals surface area (Å²) in [6.07, 6.45) is 20.8. The summed E-state index contributed by atoms with van der Waals surface area (Å²) < 4.78 is 27.9. The van der Waals surface area contributed by atoms with Crippen molar-refractivity contribution < 1.29 is 43.6 Å². The van der Waals surface area contributed by atoms with Crippen molar-refractivity contribution >= 4 is 28.9 Å². The van der Waals surface area contributed by atoms with Crippen LogP contribution < -0.4 is 9.47 Å². The van der Waals surface area contributed by atoms with Gasteiger partial charge in [-0.15, -0.1) is 6.58 Å². The lowest BCUT2D eigenvalue weighted by Gasteiger charge is -2.60. The SMILES string of the molecule is C=CCOC12Oc3ccc(Oc4cccc(C=O)c4)cc3C3C(CCCCO)C(CCCCO)C=C(C(=NOCc4ccccc4)CC1N(Cc1cccc4ccccc14)C(=O)OCCCCCCCCCCCC)C32. The molecular weight excluding hydrogens is 953 g/mol. The molecule has 11 nitrogen and oxygen atoms in total. The quantitative estimate of drug-likeness (QED) is 0.0192. The molecule has 1 aliphatic heterocycles. The Labute approximate surface area is 450 Å². The molecule has 0 spiro atoms. The van der Waals surface area contributed by atoms with E-state index in [0.717, 1.165) is 84.3 Å². The second-order valence-electron chi connectivity index (χ2n) is 20.9. The van der Waals surface area contributed by atoms with Gasteiger partial charge in [-0.2, -0.15) is 0 Å². The van der Waals surface area contributed by atoms with Gasteiger partial charge < -0.3 is 34.0 Å². The smallest absolute Gasteiger partial charge is 0.410 e. The Bertz CT molecular complexity index is 2700. The van der Waals surface area contributed by atoms with Gasteiger partial charge in [-0.1, -0.05) is 180 Å². The number of oxime groups is 1. The van der Waals surface area contributed by atoms with E-state index in [0.29, 0.717) is 41.4 Å². The molecule has 3 aliphatic rings. The average molecular weight is 1030 g/mol. The fraction of sp³-hybridized carbons (Fsp3) is 0.462. The first-order valence-electron chi connectivity index (χ1n) is 28.3. The molecule has 1 fully saturated rings. The molecule has 1 heterocycles. The van der Waals surface area contributed by atoms with E-state index in [4.69, 9.17) is 28.9 Å². The Hall–Kier alpha value is -6.27. The Morgan fingerprint density at radius 2 is 1.50 bits per heavy atom. The number of ether oxygens (including phenoxy) is 4. The molecule has 76 heavy (non-hydrogen) atoms. The molecule has 0 radical (unpaired) electrons. The van der Waals surface area contributed by atoms with E-state index < -0.39 is 23.8 Å². The Morgan fingerprint density at radius 3 is 2.26 bits per heavy atom. The van der Waals surface area contributed by atoms with E-state index in [9.17, 15) is 15.0 Å². The van der Waals surface area contributed by atoms with Crippen LogP contribution in [-0.4, -0.2) is 71.5 Å². The molecular formula is C65H80N2O9. The number of aliphatic hydroxyl groups excluding tert-OH is 2. The predicted octanol–water partition coefficient (Wildman–Crippen LogP) is 14.8. The molecule has 0 bridgehead atoms. The summed E-state index contributed by atoms with van der Waals surface area (Å²) in [5.74, 6) is -0.565. The molecule has 6 unspecified atom stereocenters. The van der Waals surface area contributed by atoms with Crippen molar-refractivity contribution in [1.82, 2.24) is 4.90 Å². The normalized spacial score (nSPS) is 21.0. The van der Waals surface area contributed by atoms with Gasteiger partial charge in [0.05, 0.1) is 31.4 Å². The first-order chi connectivity index (χ1) is 37.4. The molecule has 8 rings (SSSR count). The molecule has 5 aromatic carbocycles. The van der Waals surface area contributed by atoms with Crippen LogP contribution in [0.25, 0.3) is 10.8 Å². The molecule has 2 aliphatic carbocycles. The molecule has 1 amide bonds. The average Bonchev–Trinajstić information content (AvgIpc) is 3.52. The second kappa shape index (κ2) is 28.7. The minimum Gasteiger partial charge on any atom is -0.459 e. The topological polar surface area (TPSA) is 136 Å². The zero-order chi connectivity index (χ0) is 53.0. The van der Waals surface area contributed by atoms with Gasteiger partial charge in [0.1, 0.15) is 36.2 Å². The Morgan fingerprint density at radius 1 is 0.789 bits per heavy atom. The van der Waals surface area contributed by atoms with Crippen LogP contribution in [-0.2, 0) is 27.5 Å². The number of unbranched alkanes of at least 4 members (excludes halogenated alkanes) is 11. The summed E-state index contributed by atoms with van der Waals surface area (Å²) in [6.45, 7) is 7.39. The number of fused-ring (bicyclic) bond motifs is 3. The number of carbonyl (C=O) groups is 2. The van der Waals surface area contributed by atoms with E-state index in [1.807, 2.05) is 71.6 Å². The molecule has 1 saturated carbocycles. The summed E-state index contributed by atoms with van der Waals surface area (Å²) in [6, 6.07) is 36.6. The number of hydrogen-bond donors (Lipinski definition) is 2. The van der Waals surface area contributed by atoms with Gasteiger partial charge >= 0.3 is 6.09 Å². The van der Waals surface area contributed by atoms with Crippen molar-refractivity contribution in [3.63, 3.8) is 0 Å². The van der Waals surface area contributed by atoms with E-state index >= 15 is 4.79 Å². The summed E-state index contributed by atoms with van der Waals surface area (Å²) in [5, 5.41) is 27.4. The Kier molecular flexibility index (Phi) is 21.2. The first kappa shape index (κ1) is 55.9. The minimum atomic E-state index is -1.50. The second-order valence-corrected chi connectivity index (χ2v) is 20.9. The van der Waals surface area contributed by atoms with E-state index in [1.165, 1.54) is 44.9 Å². The molecule has 0 saturated heterocycles. The highest BCUT2D eigenvalue weighted by atomic mass is 16.7. The fourth-order valence-corrected chi connectivity index (χ4v) is 12.0. The number of amides is 1. The third-order valence-electron chi connectivity index (χ3n) is 15.7. The number of aliphatic hydroxyl groups is 2. The van der Waals surface area contributed by atoms with E-state index in [-0.39, 0.29) is 63.8 Å². The molecule has 6 atom stereocenters. The van der Waals surface area contributed by atoms with Crippen molar-refractivity contribution in [3.05, 3.63) is 162 Å². The third-order valence-corrected chi connectivity index (χ3v) is 15.7.